The number of aliphatic hydroxyl groups excluding tert-OH is 1. The highest BCUT2D eigenvalue weighted by molar-refractivity contribution is 5.37. The van der Waals surface area contributed by atoms with Crippen molar-refractivity contribution >= 4 is 5.65 Å². The van der Waals surface area contributed by atoms with E-state index in [1.165, 1.54) is 0 Å². The van der Waals surface area contributed by atoms with E-state index in [0.717, 1.165) is 31.6 Å². The van der Waals surface area contributed by atoms with E-state index in [1.807, 2.05) is 18.2 Å². The Balaban J connectivity index is 1.82. The van der Waals surface area contributed by atoms with Crippen LogP contribution in [0.25, 0.3) is 5.65 Å². The van der Waals surface area contributed by atoms with Crippen LogP contribution in [0.4, 0.5) is 0 Å². The molecule has 0 aromatic carbocycles. The first-order valence-corrected chi connectivity index (χ1v) is 7.07. The Morgan fingerprint density at radius 2 is 2.30 bits per heavy atom. The number of piperidine rings is 1. The van der Waals surface area contributed by atoms with Crippen LogP contribution in [0.15, 0.2) is 35.3 Å². The third-order valence-electron chi connectivity index (χ3n) is 3.87. The van der Waals surface area contributed by atoms with Gasteiger partial charge in [0.25, 0.3) is 5.56 Å². The Bertz CT molecular complexity index is 653. The largest absolute Gasteiger partial charge is 0.396 e. The Hall–Kier alpha value is -1.72. The molecule has 2 aromatic heterocycles. The summed E-state index contributed by atoms with van der Waals surface area (Å²) in [5, 5.41) is 9.26. The fraction of sp³-hybridized carbons (Fsp3) is 0.467. The minimum Gasteiger partial charge on any atom is -0.396 e. The molecule has 2 aromatic rings. The van der Waals surface area contributed by atoms with Crippen LogP contribution in [0, 0.1) is 5.92 Å². The molecule has 0 saturated carbocycles. The highest BCUT2D eigenvalue weighted by Crippen LogP contribution is 2.17. The van der Waals surface area contributed by atoms with Crippen LogP contribution >= 0.6 is 0 Å². The zero-order chi connectivity index (χ0) is 13.9. The summed E-state index contributed by atoms with van der Waals surface area (Å²) in [6.07, 6.45) is 3.91. The third-order valence-corrected chi connectivity index (χ3v) is 3.87. The fourth-order valence-corrected chi connectivity index (χ4v) is 2.86. The van der Waals surface area contributed by atoms with E-state index in [2.05, 4.69) is 9.88 Å². The molecule has 1 N–H and O–H groups in total. The molecule has 0 bridgehead atoms. The van der Waals surface area contributed by atoms with Gasteiger partial charge in [0, 0.05) is 32.0 Å². The fourth-order valence-electron chi connectivity index (χ4n) is 2.86. The summed E-state index contributed by atoms with van der Waals surface area (Å²) in [7, 11) is 0. The van der Waals surface area contributed by atoms with Gasteiger partial charge in [0.1, 0.15) is 5.65 Å². The van der Waals surface area contributed by atoms with E-state index in [1.54, 1.807) is 16.7 Å². The number of hydrogen-bond acceptors (Lipinski definition) is 4. The van der Waals surface area contributed by atoms with Gasteiger partial charge < -0.3 is 5.11 Å². The molecule has 0 aliphatic carbocycles. The molecule has 0 radical (unpaired) electrons. The lowest BCUT2D eigenvalue weighted by Gasteiger charge is -2.31. The maximum absolute atomic E-state index is 12.0. The van der Waals surface area contributed by atoms with Crippen molar-refractivity contribution in [3.63, 3.8) is 0 Å². The predicted molar refractivity (Wildman–Crippen MR) is 76.5 cm³/mol. The molecule has 20 heavy (non-hydrogen) atoms. The summed E-state index contributed by atoms with van der Waals surface area (Å²) >= 11 is 0. The molecule has 106 valence electrons. The topological polar surface area (TPSA) is 57.8 Å². The highest BCUT2D eigenvalue weighted by atomic mass is 16.3. The first-order valence-electron chi connectivity index (χ1n) is 7.07. The van der Waals surface area contributed by atoms with Crippen LogP contribution in [-0.2, 0) is 6.54 Å². The van der Waals surface area contributed by atoms with Crippen molar-refractivity contribution in [3.8, 4) is 0 Å². The lowest BCUT2D eigenvalue weighted by Crippen LogP contribution is -2.36. The second-order valence-corrected chi connectivity index (χ2v) is 5.44. The van der Waals surface area contributed by atoms with Gasteiger partial charge in [-0.05, 0) is 37.4 Å². The number of pyridine rings is 1. The smallest absolute Gasteiger partial charge is 0.258 e. The van der Waals surface area contributed by atoms with Crippen LogP contribution in [0.3, 0.4) is 0 Å². The molecule has 1 unspecified atom stereocenters. The SMILES string of the molecule is O=c1cc(CN2CCCC(CO)C2)nc2ccccn12. The van der Waals surface area contributed by atoms with E-state index in [4.69, 9.17) is 0 Å². The van der Waals surface area contributed by atoms with Crippen molar-refractivity contribution in [2.75, 3.05) is 19.7 Å². The van der Waals surface area contributed by atoms with Crippen LogP contribution in [0.5, 0.6) is 0 Å². The molecular formula is C15H19N3O2. The number of aliphatic hydroxyl groups is 1. The maximum atomic E-state index is 12.0. The van der Waals surface area contributed by atoms with E-state index in [9.17, 15) is 9.90 Å². The molecule has 1 aliphatic rings. The van der Waals surface area contributed by atoms with E-state index >= 15 is 0 Å². The van der Waals surface area contributed by atoms with Gasteiger partial charge in [0.15, 0.2) is 0 Å². The Kier molecular flexibility index (Phi) is 3.80. The highest BCUT2D eigenvalue weighted by Gasteiger charge is 2.19. The zero-order valence-corrected chi connectivity index (χ0v) is 11.4. The standard InChI is InChI=1S/C15H19N3O2/c19-11-12-4-3-6-17(9-12)10-13-8-15(20)18-7-2-1-5-14(18)16-13/h1-2,5,7-8,12,19H,3-4,6,9-11H2. The van der Waals surface area contributed by atoms with E-state index in [0.29, 0.717) is 18.1 Å². The molecule has 0 spiro atoms. The average Bonchev–Trinajstić information content (AvgIpc) is 2.47. The lowest BCUT2D eigenvalue weighted by atomic mass is 9.99. The maximum Gasteiger partial charge on any atom is 0.258 e. The van der Waals surface area contributed by atoms with Crippen LogP contribution in [0.1, 0.15) is 18.5 Å². The van der Waals surface area contributed by atoms with Gasteiger partial charge in [0.05, 0.1) is 5.69 Å². The summed E-state index contributed by atoms with van der Waals surface area (Å²) in [5.74, 6) is 0.352. The minimum atomic E-state index is -0.0404. The van der Waals surface area contributed by atoms with Crippen LogP contribution < -0.4 is 5.56 Å². The Labute approximate surface area is 117 Å². The molecule has 1 saturated heterocycles. The predicted octanol–water partition coefficient (Wildman–Crippen LogP) is 0.899. The summed E-state index contributed by atoms with van der Waals surface area (Å²) in [6, 6.07) is 7.16. The molecule has 5 nitrogen and oxygen atoms in total. The van der Waals surface area contributed by atoms with Crippen LogP contribution in [-0.4, -0.2) is 39.1 Å². The van der Waals surface area contributed by atoms with Crippen LogP contribution in [0.2, 0.25) is 0 Å². The molecule has 3 rings (SSSR count). The number of fused-ring (bicyclic) bond motifs is 1. The molecular weight excluding hydrogens is 254 g/mol. The average molecular weight is 273 g/mol. The number of hydrogen-bond donors (Lipinski definition) is 1. The van der Waals surface area contributed by atoms with Crippen molar-refractivity contribution in [1.82, 2.24) is 14.3 Å². The van der Waals surface area contributed by atoms with Gasteiger partial charge >= 0.3 is 0 Å². The van der Waals surface area contributed by atoms with Gasteiger partial charge in [0.2, 0.25) is 0 Å². The monoisotopic (exact) mass is 273 g/mol. The van der Waals surface area contributed by atoms with Gasteiger partial charge in [-0.3, -0.25) is 14.1 Å². The van der Waals surface area contributed by atoms with E-state index < -0.39 is 0 Å². The van der Waals surface area contributed by atoms with E-state index in [-0.39, 0.29) is 12.2 Å². The Morgan fingerprint density at radius 3 is 3.15 bits per heavy atom. The van der Waals surface area contributed by atoms with Crippen molar-refractivity contribution in [1.29, 1.82) is 0 Å². The van der Waals surface area contributed by atoms with Gasteiger partial charge in [-0.2, -0.15) is 0 Å². The number of aromatic nitrogens is 2. The number of likely N-dealkylation sites (tertiary alicyclic amines) is 1. The van der Waals surface area contributed by atoms with Gasteiger partial charge in [-0.1, -0.05) is 6.07 Å². The van der Waals surface area contributed by atoms with Crippen molar-refractivity contribution in [3.05, 3.63) is 46.5 Å². The number of nitrogens with zero attached hydrogens (tertiary/aromatic N) is 3. The molecule has 1 atom stereocenters. The molecule has 1 fully saturated rings. The third kappa shape index (κ3) is 2.73. The summed E-state index contributed by atoms with van der Waals surface area (Å²) < 4.78 is 1.55. The summed E-state index contributed by atoms with van der Waals surface area (Å²) in [6.45, 7) is 2.81. The first kappa shape index (κ1) is 13.3. The Morgan fingerprint density at radius 1 is 1.40 bits per heavy atom. The molecule has 5 heteroatoms. The lowest BCUT2D eigenvalue weighted by molar-refractivity contribution is 0.115. The van der Waals surface area contributed by atoms with Crippen molar-refractivity contribution < 1.29 is 5.11 Å². The minimum absolute atomic E-state index is 0.0404. The summed E-state index contributed by atoms with van der Waals surface area (Å²) in [4.78, 5) is 18.8. The van der Waals surface area contributed by atoms with Gasteiger partial charge in [-0.15, -0.1) is 0 Å². The van der Waals surface area contributed by atoms with Crippen molar-refractivity contribution in [2.45, 2.75) is 19.4 Å². The molecule has 1 aliphatic heterocycles. The number of rotatable bonds is 3. The molecule has 3 heterocycles. The second kappa shape index (κ2) is 5.73. The second-order valence-electron chi connectivity index (χ2n) is 5.44. The van der Waals surface area contributed by atoms with Gasteiger partial charge in [-0.25, -0.2) is 4.98 Å². The zero-order valence-electron chi connectivity index (χ0n) is 11.4. The quantitative estimate of drug-likeness (QED) is 0.902. The molecule has 0 amide bonds. The normalized spacial score (nSPS) is 20.4. The first-order chi connectivity index (χ1) is 9.76. The summed E-state index contributed by atoms with van der Waals surface area (Å²) in [5.41, 5.74) is 1.45. The van der Waals surface area contributed by atoms with Crippen molar-refractivity contribution in [2.24, 2.45) is 5.92 Å².